The number of hydrogen-bond acceptors (Lipinski definition) is 2. The van der Waals surface area contributed by atoms with Crippen LogP contribution in [0.5, 0.6) is 0 Å². The molecule has 2 atom stereocenters. The van der Waals surface area contributed by atoms with Gasteiger partial charge in [0.1, 0.15) is 5.60 Å². The van der Waals surface area contributed by atoms with Crippen LogP contribution in [-0.2, 0) is 9.53 Å². The fraction of sp³-hybridized carbons (Fsp3) is 0.909. The number of hydrogen-bond donors (Lipinski definition) is 0. The molecule has 0 aromatic heterocycles. The van der Waals surface area contributed by atoms with E-state index in [0.717, 1.165) is 12.8 Å². The van der Waals surface area contributed by atoms with Crippen molar-refractivity contribution in [2.24, 2.45) is 11.8 Å². The summed E-state index contributed by atoms with van der Waals surface area (Å²) in [5.41, 5.74) is -0.495. The minimum absolute atomic E-state index is 0.278. The Morgan fingerprint density at radius 3 is 2.54 bits per heavy atom. The van der Waals surface area contributed by atoms with E-state index in [9.17, 15) is 4.79 Å². The third-order valence-corrected chi connectivity index (χ3v) is 3.42. The molecule has 0 aromatic carbocycles. The van der Waals surface area contributed by atoms with E-state index >= 15 is 0 Å². The molecule has 1 saturated carbocycles. The van der Waals surface area contributed by atoms with E-state index in [1.54, 1.807) is 7.11 Å². The van der Waals surface area contributed by atoms with Gasteiger partial charge in [-0.15, -0.1) is 0 Å². The van der Waals surface area contributed by atoms with Gasteiger partial charge < -0.3 is 4.74 Å². The summed E-state index contributed by atoms with van der Waals surface area (Å²) in [5, 5.41) is 0. The molecule has 1 fully saturated rings. The van der Waals surface area contributed by atoms with E-state index in [1.807, 2.05) is 6.92 Å². The van der Waals surface area contributed by atoms with Crippen molar-refractivity contribution < 1.29 is 9.53 Å². The number of methoxy groups -OCH3 is 1. The van der Waals surface area contributed by atoms with Crippen LogP contribution in [0.4, 0.5) is 0 Å². The van der Waals surface area contributed by atoms with Crippen LogP contribution in [0.15, 0.2) is 0 Å². The predicted octanol–water partition coefficient (Wildman–Crippen LogP) is 2.42. The molecule has 1 aliphatic rings. The fourth-order valence-corrected chi connectivity index (χ4v) is 1.94. The zero-order valence-corrected chi connectivity index (χ0v) is 9.09. The summed E-state index contributed by atoms with van der Waals surface area (Å²) in [6, 6.07) is 0. The first-order chi connectivity index (χ1) is 5.99. The highest BCUT2D eigenvalue weighted by Crippen LogP contribution is 2.34. The lowest BCUT2D eigenvalue weighted by molar-refractivity contribution is -0.145. The summed E-state index contributed by atoms with van der Waals surface area (Å²) in [6.45, 7) is 6.28. The molecule has 0 spiro atoms. The van der Waals surface area contributed by atoms with Gasteiger partial charge in [-0.2, -0.15) is 0 Å². The summed E-state index contributed by atoms with van der Waals surface area (Å²) >= 11 is 0. The van der Waals surface area contributed by atoms with Crippen molar-refractivity contribution in [2.75, 3.05) is 7.11 Å². The van der Waals surface area contributed by atoms with Crippen LogP contribution in [0, 0.1) is 11.8 Å². The zero-order chi connectivity index (χ0) is 10.1. The van der Waals surface area contributed by atoms with E-state index in [0.29, 0.717) is 18.3 Å². The van der Waals surface area contributed by atoms with Crippen LogP contribution in [0.25, 0.3) is 0 Å². The molecule has 1 rings (SSSR count). The maximum Gasteiger partial charge on any atom is 0.164 e. The van der Waals surface area contributed by atoms with Crippen molar-refractivity contribution in [3.05, 3.63) is 0 Å². The number of Topliss-reactive ketones (excluding diaryl/α,β-unsaturated/α-hetero) is 1. The fourth-order valence-electron chi connectivity index (χ4n) is 1.94. The van der Waals surface area contributed by atoms with Crippen LogP contribution in [-0.4, -0.2) is 18.5 Å². The van der Waals surface area contributed by atoms with E-state index in [1.165, 1.54) is 0 Å². The molecule has 2 heteroatoms. The monoisotopic (exact) mass is 184 g/mol. The topological polar surface area (TPSA) is 26.3 Å². The van der Waals surface area contributed by atoms with Gasteiger partial charge in [0.2, 0.25) is 0 Å². The molecule has 0 aromatic rings. The molecule has 13 heavy (non-hydrogen) atoms. The van der Waals surface area contributed by atoms with Gasteiger partial charge in [0, 0.05) is 13.5 Å². The maximum absolute atomic E-state index is 11.7. The molecule has 2 nitrogen and oxygen atoms in total. The van der Waals surface area contributed by atoms with E-state index in [4.69, 9.17) is 4.74 Å². The lowest BCUT2D eigenvalue weighted by atomic mass is 9.74. The van der Waals surface area contributed by atoms with Crippen molar-refractivity contribution in [3.63, 3.8) is 0 Å². The van der Waals surface area contributed by atoms with Crippen molar-refractivity contribution in [1.82, 2.24) is 0 Å². The summed E-state index contributed by atoms with van der Waals surface area (Å²) in [4.78, 5) is 11.7. The largest absolute Gasteiger partial charge is 0.371 e. The maximum atomic E-state index is 11.7. The number of ketones is 1. The van der Waals surface area contributed by atoms with Gasteiger partial charge in [0.05, 0.1) is 0 Å². The number of ether oxygens (including phenoxy) is 1. The van der Waals surface area contributed by atoms with Gasteiger partial charge in [-0.1, -0.05) is 13.8 Å². The Morgan fingerprint density at radius 1 is 1.54 bits per heavy atom. The van der Waals surface area contributed by atoms with E-state index < -0.39 is 5.60 Å². The van der Waals surface area contributed by atoms with Crippen molar-refractivity contribution in [2.45, 2.75) is 45.6 Å². The second-order valence-corrected chi connectivity index (χ2v) is 4.61. The quantitative estimate of drug-likeness (QED) is 0.658. The molecule has 1 aliphatic carbocycles. The van der Waals surface area contributed by atoms with Crippen LogP contribution in [0.3, 0.4) is 0 Å². The summed E-state index contributed by atoms with van der Waals surface area (Å²) in [6.07, 6.45) is 2.70. The molecule has 76 valence electrons. The Balaban J connectivity index is 2.62. The third-order valence-electron chi connectivity index (χ3n) is 3.42. The Kier molecular flexibility index (Phi) is 3.12. The molecule has 0 aliphatic heterocycles. The second kappa shape index (κ2) is 3.79. The third kappa shape index (κ3) is 2.11. The van der Waals surface area contributed by atoms with Gasteiger partial charge in [-0.3, -0.25) is 4.79 Å². The first kappa shape index (κ1) is 10.7. The molecule has 0 radical (unpaired) electrons. The summed E-state index contributed by atoms with van der Waals surface area (Å²) < 4.78 is 5.27. The first-order valence-electron chi connectivity index (χ1n) is 5.08. The van der Waals surface area contributed by atoms with Gasteiger partial charge in [-0.05, 0) is 31.6 Å². The molecular formula is C11H20O2. The lowest BCUT2D eigenvalue weighted by Gasteiger charge is -2.36. The Morgan fingerprint density at radius 2 is 2.15 bits per heavy atom. The van der Waals surface area contributed by atoms with Gasteiger partial charge in [0.15, 0.2) is 5.78 Å². The summed E-state index contributed by atoms with van der Waals surface area (Å²) in [5.74, 6) is 1.46. The van der Waals surface area contributed by atoms with Crippen molar-refractivity contribution in [3.8, 4) is 0 Å². The minimum atomic E-state index is -0.495. The second-order valence-electron chi connectivity index (χ2n) is 4.61. The highest BCUT2D eigenvalue weighted by atomic mass is 16.5. The molecule has 0 bridgehead atoms. The SMILES string of the molecule is COC1(C)CCC(C(C)C)CC1=O. The van der Waals surface area contributed by atoms with E-state index in [2.05, 4.69) is 13.8 Å². The van der Waals surface area contributed by atoms with Crippen LogP contribution < -0.4 is 0 Å². The average molecular weight is 184 g/mol. The average Bonchev–Trinajstić information content (AvgIpc) is 2.09. The molecule has 0 heterocycles. The Hall–Kier alpha value is -0.370. The first-order valence-corrected chi connectivity index (χ1v) is 5.08. The molecule has 0 amide bonds. The highest BCUT2D eigenvalue weighted by Gasteiger charge is 2.39. The summed E-state index contributed by atoms with van der Waals surface area (Å²) in [7, 11) is 1.63. The predicted molar refractivity (Wildman–Crippen MR) is 52.6 cm³/mol. The van der Waals surface area contributed by atoms with Gasteiger partial charge >= 0.3 is 0 Å². The van der Waals surface area contributed by atoms with Crippen molar-refractivity contribution >= 4 is 5.78 Å². The Labute approximate surface area is 80.7 Å². The van der Waals surface area contributed by atoms with Crippen molar-refractivity contribution in [1.29, 1.82) is 0 Å². The minimum Gasteiger partial charge on any atom is -0.371 e. The zero-order valence-electron chi connectivity index (χ0n) is 9.09. The number of rotatable bonds is 2. The Bertz CT molecular complexity index is 198. The normalized spacial score (nSPS) is 35.5. The van der Waals surface area contributed by atoms with Crippen LogP contribution in [0.2, 0.25) is 0 Å². The number of carbonyl (C=O) groups excluding carboxylic acids is 1. The van der Waals surface area contributed by atoms with Crippen LogP contribution >= 0.6 is 0 Å². The standard InChI is InChI=1S/C11H20O2/c1-8(2)9-5-6-11(3,13-4)10(12)7-9/h8-9H,5-7H2,1-4H3. The number of carbonyl (C=O) groups is 1. The molecule has 0 saturated heterocycles. The van der Waals surface area contributed by atoms with Gasteiger partial charge in [0.25, 0.3) is 0 Å². The lowest BCUT2D eigenvalue weighted by Crippen LogP contribution is -2.43. The molecular weight excluding hydrogens is 164 g/mol. The van der Waals surface area contributed by atoms with Crippen LogP contribution in [0.1, 0.15) is 40.0 Å². The highest BCUT2D eigenvalue weighted by molar-refractivity contribution is 5.87. The van der Waals surface area contributed by atoms with Gasteiger partial charge in [-0.25, -0.2) is 0 Å². The molecule has 0 N–H and O–H groups in total. The van der Waals surface area contributed by atoms with E-state index in [-0.39, 0.29) is 5.78 Å². The smallest absolute Gasteiger partial charge is 0.164 e. The molecule has 2 unspecified atom stereocenters.